The highest BCUT2D eigenvalue weighted by Crippen LogP contribution is 2.37. The molecule has 2 rings (SSSR count). The first-order valence-electron chi connectivity index (χ1n) is 7.73. The van der Waals surface area contributed by atoms with Gasteiger partial charge in [-0.15, -0.1) is 11.8 Å². The van der Waals surface area contributed by atoms with E-state index in [2.05, 4.69) is 5.16 Å². The van der Waals surface area contributed by atoms with E-state index in [1.165, 1.54) is 24.0 Å². The Morgan fingerprint density at radius 1 is 1.23 bits per heavy atom. The third kappa shape index (κ3) is 5.90. The number of nitro groups is 1. The van der Waals surface area contributed by atoms with Crippen LogP contribution in [0.5, 0.6) is 0 Å². The maximum Gasteiger partial charge on any atom is 0.283 e. The van der Waals surface area contributed by atoms with Crippen LogP contribution in [-0.2, 0) is 11.4 Å². The molecule has 5 nitrogen and oxygen atoms in total. The van der Waals surface area contributed by atoms with E-state index in [9.17, 15) is 10.1 Å². The van der Waals surface area contributed by atoms with Crippen molar-refractivity contribution < 1.29 is 9.76 Å². The van der Waals surface area contributed by atoms with E-state index in [1.54, 1.807) is 30.3 Å². The zero-order chi connectivity index (χ0) is 19.3. The lowest BCUT2D eigenvalue weighted by Gasteiger charge is -2.17. The van der Waals surface area contributed by atoms with Crippen LogP contribution in [0.25, 0.3) is 0 Å². The minimum atomic E-state index is -0.393. The number of rotatable bonds is 6. The maximum atomic E-state index is 11.3. The highest BCUT2D eigenvalue weighted by Gasteiger charge is 2.20. The molecule has 0 spiro atoms. The van der Waals surface area contributed by atoms with Crippen LogP contribution in [0.3, 0.4) is 0 Å². The molecule has 0 N–H and O–H groups in total. The number of benzene rings is 2. The first kappa shape index (κ1) is 20.6. The monoisotopic (exact) mass is 412 g/mol. The molecule has 0 saturated carbocycles. The molecule has 8 heteroatoms. The Bertz CT molecular complexity index is 815. The van der Waals surface area contributed by atoms with Gasteiger partial charge in [-0.1, -0.05) is 61.3 Å². The van der Waals surface area contributed by atoms with E-state index in [1.807, 2.05) is 20.8 Å². The van der Waals surface area contributed by atoms with Crippen molar-refractivity contribution in [2.75, 3.05) is 0 Å². The number of nitrogens with zero attached hydrogens (tertiary/aromatic N) is 2. The Kier molecular flexibility index (Phi) is 6.92. The van der Waals surface area contributed by atoms with Crippen molar-refractivity contribution in [1.29, 1.82) is 0 Å². The second-order valence-electron chi connectivity index (χ2n) is 6.41. The van der Waals surface area contributed by atoms with Gasteiger partial charge in [-0.3, -0.25) is 10.1 Å². The predicted molar refractivity (Wildman–Crippen MR) is 108 cm³/mol. The van der Waals surface area contributed by atoms with Crippen molar-refractivity contribution in [1.82, 2.24) is 0 Å². The van der Waals surface area contributed by atoms with Gasteiger partial charge in [0.1, 0.15) is 6.61 Å². The number of thioether (sulfide) groups is 1. The SMILES string of the molecule is CC(C)(C)Sc1ccc(/C=N\OCc2c(Cl)cccc2Cl)cc1[N+](=O)[O-]. The van der Waals surface area contributed by atoms with Gasteiger partial charge in [0, 0.05) is 32.0 Å². The molecule has 0 unspecified atom stereocenters. The van der Waals surface area contributed by atoms with E-state index < -0.39 is 4.92 Å². The zero-order valence-electron chi connectivity index (χ0n) is 14.5. The van der Waals surface area contributed by atoms with Gasteiger partial charge < -0.3 is 4.84 Å². The summed E-state index contributed by atoms with van der Waals surface area (Å²) in [5.41, 5.74) is 1.25. The molecule has 0 amide bonds. The van der Waals surface area contributed by atoms with E-state index in [-0.39, 0.29) is 17.0 Å². The average Bonchev–Trinajstić information content (AvgIpc) is 2.53. The lowest BCUT2D eigenvalue weighted by atomic mass is 10.2. The smallest absolute Gasteiger partial charge is 0.283 e. The van der Waals surface area contributed by atoms with Crippen LogP contribution in [0.2, 0.25) is 10.0 Å². The normalized spacial score (nSPS) is 11.7. The third-order valence-corrected chi connectivity index (χ3v) is 5.03. The van der Waals surface area contributed by atoms with Crippen molar-refractivity contribution in [3.63, 3.8) is 0 Å². The zero-order valence-corrected chi connectivity index (χ0v) is 16.9. The fraction of sp³-hybridized carbons (Fsp3) is 0.278. The second kappa shape index (κ2) is 8.75. The van der Waals surface area contributed by atoms with Crippen LogP contribution in [0.1, 0.15) is 31.9 Å². The topological polar surface area (TPSA) is 64.7 Å². The van der Waals surface area contributed by atoms with E-state index in [0.717, 1.165) is 0 Å². The highest BCUT2D eigenvalue weighted by atomic mass is 35.5. The largest absolute Gasteiger partial charge is 0.391 e. The summed E-state index contributed by atoms with van der Waals surface area (Å²) < 4.78 is -0.127. The Hall–Kier alpha value is -1.76. The Labute approximate surface area is 166 Å². The van der Waals surface area contributed by atoms with Gasteiger partial charge in [0.2, 0.25) is 0 Å². The molecule has 0 aliphatic heterocycles. The molecule has 0 saturated heterocycles. The summed E-state index contributed by atoms with van der Waals surface area (Å²) in [5.74, 6) is 0. The molecule has 0 bridgehead atoms. The molecule has 0 atom stereocenters. The molecule has 0 aliphatic rings. The molecule has 2 aromatic carbocycles. The minimum absolute atomic E-state index is 0.0445. The fourth-order valence-corrected chi connectivity index (χ4v) is 3.58. The van der Waals surface area contributed by atoms with E-state index in [4.69, 9.17) is 28.0 Å². The highest BCUT2D eigenvalue weighted by molar-refractivity contribution is 8.00. The maximum absolute atomic E-state index is 11.3. The Balaban J connectivity index is 2.10. The van der Waals surface area contributed by atoms with Crippen LogP contribution in [0.15, 0.2) is 46.4 Å². The van der Waals surface area contributed by atoms with E-state index >= 15 is 0 Å². The summed E-state index contributed by atoms with van der Waals surface area (Å²) in [7, 11) is 0. The first-order chi connectivity index (χ1) is 12.2. The van der Waals surface area contributed by atoms with E-state index in [0.29, 0.717) is 26.1 Å². The summed E-state index contributed by atoms with van der Waals surface area (Å²) in [4.78, 5) is 16.8. The molecule has 0 heterocycles. The molecule has 138 valence electrons. The van der Waals surface area contributed by atoms with Crippen LogP contribution in [-0.4, -0.2) is 15.9 Å². The molecule has 2 aromatic rings. The summed E-state index contributed by atoms with van der Waals surface area (Å²) in [6.45, 7) is 6.12. The van der Waals surface area contributed by atoms with Gasteiger partial charge in [-0.25, -0.2) is 0 Å². The minimum Gasteiger partial charge on any atom is -0.391 e. The fourth-order valence-electron chi connectivity index (χ4n) is 2.04. The van der Waals surface area contributed by atoms with Crippen molar-refractivity contribution in [2.45, 2.75) is 37.0 Å². The third-order valence-electron chi connectivity index (χ3n) is 3.14. The van der Waals surface area contributed by atoms with Crippen molar-refractivity contribution in [3.8, 4) is 0 Å². The number of hydrogen-bond donors (Lipinski definition) is 0. The summed E-state index contributed by atoms with van der Waals surface area (Å²) in [6.07, 6.45) is 1.42. The van der Waals surface area contributed by atoms with Gasteiger partial charge in [0.15, 0.2) is 0 Å². The van der Waals surface area contributed by atoms with Crippen molar-refractivity contribution >= 4 is 46.9 Å². The molecular weight excluding hydrogens is 395 g/mol. The quantitative estimate of drug-likeness (QED) is 0.240. The van der Waals surface area contributed by atoms with Gasteiger partial charge in [-0.2, -0.15) is 0 Å². The number of oxime groups is 1. The predicted octanol–water partition coefficient (Wildman–Crippen LogP) is 6.34. The van der Waals surface area contributed by atoms with Crippen molar-refractivity contribution in [3.05, 3.63) is 67.7 Å². The summed E-state index contributed by atoms with van der Waals surface area (Å²) in [6, 6.07) is 10.1. The number of hydrogen-bond acceptors (Lipinski definition) is 5. The number of halogens is 2. The summed E-state index contributed by atoms with van der Waals surface area (Å²) >= 11 is 13.6. The van der Waals surface area contributed by atoms with Crippen LogP contribution in [0.4, 0.5) is 5.69 Å². The standard InChI is InChI=1S/C18H18Cl2N2O3S/c1-18(2,3)26-17-8-7-12(9-16(17)22(23)24)10-21-25-11-13-14(19)5-4-6-15(13)20/h4-10H,11H2,1-3H3/b21-10-. The second-order valence-corrected chi connectivity index (χ2v) is 9.09. The van der Waals surface area contributed by atoms with Crippen LogP contribution in [0, 0.1) is 10.1 Å². The molecule has 0 fully saturated rings. The Morgan fingerprint density at radius 2 is 1.88 bits per heavy atom. The van der Waals surface area contributed by atoms with Gasteiger partial charge in [0.25, 0.3) is 5.69 Å². The average molecular weight is 413 g/mol. The lowest BCUT2D eigenvalue weighted by molar-refractivity contribution is -0.387. The van der Waals surface area contributed by atoms with Crippen LogP contribution < -0.4 is 0 Å². The molecular formula is C18H18Cl2N2O3S. The lowest BCUT2D eigenvalue weighted by Crippen LogP contribution is -2.07. The molecule has 0 aliphatic carbocycles. The molecule has 0 radical (unpaired) electrons. The van der Waals surface area contributed by atoms with Crippen LogP contribution >= 0.6 is 35.0 Å². The Morgan fingerprint density at radius 3 is 2.46 bits per heavy atom. The molecule has 0 aromatic heterocycles. The molecule has 26 heavy (non-hydrogen) atoms. The van der Waals surface area contributed by atoms with Crippen molar-refractivity contribution in [2.24, 2.45) is 5.16 Å². The summed E-state index contributed by atoms with van der Waals surface area (Å²) in [5, 5.41) is 16.2. The van der Waals surface area contributed by atoms with Gasteiger partial charge in [-0.05, 0) is 18.2 Å². The van der Waals surface area contributed by atoms with Gasteiger partial charge in [0.05, 0.1) is 16.0 Å². The van der Waals surface area contributed by atoms with Gasteiger partial charge >= 0.3 is 0 Å². The number of nitro benzene ring substituents is 1. The first-order valence-corrected chi connectivity index (χ1v) is 9.30.